The van der Waals surface area contributed by atoms with Gasteiger partial charge in [0.25, 0.3) is 0 Å². The lowest BCUT2D eigenvalue weighted by atomic mass is 9.93. The van der Waals surface area contributed by atoms with Gasteiger partial charge >= 0.3 is 0 Å². The number of rotatable bonds is 3. The van der Waals surface area contributed by atoms with Crippen LogP contribution in [0.1, 0.15) is 12.8 Å². The zero-order valence-corrected chi connectivity index (χ0v) is 12.2. The molecule has 0 aromatic heterocycles. The van der Waals surface area contributed by atoms with Gasteiger partial charge in [-0.1, -0.05) is 23.7 Å². The lowest BCUT2D eigenvalue weighted by Crippen LogP contribution is -2.46. The number of para-hydroxylation sites is 1. The second-order valence-electron chi connectivity index (χ2n) is 5.66. The van der Waals surface area contributed by atoms with E-state index in [4.69, 9.17) is 11.6 Å². The number of likely N-dealkylation sites (tertiary alicyclic amines) is 1. The van der Waals surface area contributed by atoms with E-state index in [9.17, 15) is 4.79 Å². The van der Waals surface area contributed by atoms with E-state index in [0.717, 1.165) is 26.1 Å². The molecule has 5 heteroatoms. The molecule has 0 aliphatic carbocycles. The van der Waals surface area contributed by atoms with Crippen molar-refractivity contribution in [1.82, 2.24) is 10.2 Å². The summed E-state index contributed by atoms with van der Waals surface area (Å²) in [5.74, 6) is 0.722. The highest BCUT2D eigenvalue weighted by atomic mass is 35.5. The summed E-state index contributed by atoms with van der Waals surface area (Å²) in [6.45, 7) is 3.58. The molecule has 2 unspecified atom stereocenters. The summed E-state index contributed by atoms with van der Waals surface area (Å²) >= 11 is 6.05. The summed E-state index contributed by atoms with van der Waals surface area (Å²) in [4.78, 5) is 14.3. The number of hydrogen-bond acceptors (Lipinski definition) is 3. The zero-order chi connectivity index (χ0) is 13.9. The minimum absolute atomic E-state index is 0.0162. The van der Waals surface area contributed by atoms with Crippen LogP contribution in [0.25, 0.3) is 0 Å². The minimum Gasteiger partial charge on any atom is -0.324 e. The SMILES string of the molecule is O=C(CN1CCC2NCCC2C1)Nc1ccccc1Cl. The molecule has 0 radical (unpaired) electrons. The van der Waals surface area contributed by atoms with Gasteiger partial charge in [0.1, 0.15) is 0 Å². The number of fused-ring (bicyclic) bond motifs is 1. The molecule has 108 valence electrons. The molecule has 2 N–H and O–H groups in total. The highest BCUT2D eigenvalue weighted by Gasteiger charge is 2.32. The number of hydrogen-bond donors (Lipinski definition) is 2. The second kappa shape index (κ2) is 6.12. The van der Waals surface area contributed by atoms with Crippen LogP contribution in [0.2, 0.25) is 5.02 Å². The van der Waals surface area contributed by atoms with Gasteiger partial charge in [-0.25, -0.2) is 0 Å². The summed E-state index contributed by atoms with van der Waals surface area (Å²) in [5.41, 5.74) is 0.691. The van der Waals surface area contributed by atoms with Crippen LogP contribution in [0.3, 0.4) is 0 Å². The molecule has 4 nitrogen and oxygen atoms in total. The fourth-order valence-corrected chi connectivity index (χ4v) is 3.40. The number of anilines is 1. The van der Waals surface area contributed by atoms with Crippen LogP contribution in [-0.4, -0.2) is 43.0 Å². The van der Waals surface area contributed by atoms with Gasteiger partial charge in [0.2, 0.25) is 5.91 Å². The van der Waals surface area contributed by atoms with Crippen molar-refractivity contribution in [3.63, 3.8) is 0 Å². The number of carbonyl (C=O) groups excluding carboxylic acids is 1. The van der Waals surface area contributed by atoms with Gasteiger partial charge in [0.15, 0.2) is 0 Å². The van der Waals surface area contributed by atoms with Gasteiger partial charge in [0.05, 0.1) is 17.3 Å². The first-order chi connectivity index (χ1) is 9.72. The molecule has 0 bridgehead atoms. The first-order valence-corrected chi connectivity index (χ1v) is 7.60. The summed E-state index contributed by atoms with van der Waals surface area (Å²) in [5, 5.41) is 7.01. The van der Waals surface area contributed by atoms with Gasteiger partial charge in [-0.2, -0.15) is 0 Å². The van der Waals surface area contributed by atoms with E-state index < -0.39 is 0 Å². The van der Waals surface area contributed by atoms with Gasteiger partial charge < -0.3 is 10.6 Å². The van der Waals surface area contributed by atoms with Gasteiger partial charge in [-0.3, -0.25) is 9.69 Å². The lowest BCUT2D eigenvalue weighted by molar-refractivity contribution is -0.117. The topological polar surface area (TPSA) is 44.4 Å². The third-order valence-corrected chi connectivity index (χ3v) is 4.58. The molecule has 2 heterocycles. The Kier molecular flexibility index (Phi) is 4.24. The molecule has 2 atom stereocenters. The Balaban J connectivity index is 1.53. The first-order valence-electron chi connectivity index (χ1n) is 7.22. The third kappa shape index (κ3) is 3.14. The number of nitrogens with one attached hydrogen (secondary N) is 2. The zero-order valence-electron chi connectivity index (χ0n) is 11.4. The Morgan fingerprint density at radius 2 is 2.25 bits per heavy atom. The Labute approximate surface area is 124 Å². The maximum Gasteiger partial charge on any atom is 0.238 e. The Morgan fingerprint density at radius 1 is 1.40 bits per heavy atom. The van der Waals surface area contributed by atoms with Crippen molar-refractivity contribution >= 4 is 23.2 Å². The molecule has 0 saturated carbocycles. The molecule has 2 fully saturated rings. The molecule has 2 aliphatic rings. The molecule has 1 amide bonds. The van der Waals surface area contributed by atoms with Crippen LogP contribution in [0, 0.1) is 5.92 Å². The number of nitrogens with zero attached hydrogens (tertiary/aromatic N) is 1. The highest BCUT2D eigenvalue weighted by Crippen LogP contribution is 2.24. The summed E-state index contributed by atoms with van der Waals surface area (Å²) < 4.78 is 0. The average Bonchev–Trinajstić information content (AvgIpc) is 2.89. The number of carbonyl (C=O) groups is 1. The average molecular weight is 294 g/mol. The quantitative estimate of drug-likeness (QED) is 0.895. The largest absolute Gasteiger partial charge is 0.324 e. The van der Waals surface area contributed by atoms with Crippen LogP contribution < -0.4 is 10.6 Å². The third-order valence-electron chi connectivity index (χ3n) is 4.25. The number of amides is 1. The Hall–Kier alpha value is -1.10. The van der Waals surface area contributed by atoms with E-state index >= 15 is 0 Å². The van der Waals surface area contributed by atoms with Crippen molar-refractivity contribution in [3.8, 4) is 0 Å². The molecule has 1 aromatic carbocycles. The van der Waals surface area contributed by atoms with Crippen molar-refractivity contribution in [1.29, 1.82) is 0 Å². The van der Waals surface area contributed by atoms with Crippen LogP contribution in [0.5, 0.6) is 0 Å². The van der Waals surface area contributed by atoms with Crippen molar-refractivity contribution in [2.24, 2.45) is 5.92 Å². The maximum atomic E-state index is 12.1. The number of benzene rings is 1. The summed E-state index contributed by atoms with van der Waals surface area (Å²) in [6.07, 6.45) is 2.37. The summed E-state index contributed by atoms with van der Waals surface area (Å²) in [6, 6.07) is 8.01. The second-order valence-corrected chi connectivity index (χ2v) is 6.07. The van der Waals surface area contributed by atoms with Crippen LogP contribution >= 0.6 is 11.6 Å². The lowest BCUT2D eigenvalue weighted by Gasteiger charge is -2.34. The molecule has 3 rings (SSSR count). The van der Waals surface area contributed by atoms with E-state index in [0.29, 0.717) is 29.2 Å². The first kappa shape index (κ1) is 13.9. The van der Waals surface area contributed by atoms with Gasteiger partial charge in [0, 0.05) is 19.1 Å². The fourth-order valence-electron chi connectivity index (χ4n) is 3.22. The van der Waals surface area contributed by atoms with E-state index in [2.05, 4.69) is 15.5 Å². The van der Waals surface area contributed by atoms with Crippen molar-refractivity contribution in [2.45, 2.75) is 18.9 Å². The van der Waals surface area contributed by atoms with Crippen LogP contribution in [0.4, 0.5) is 5.69 Å². The van der Waals surface area contributed by atoms with Crippen LogP contribution in [0.15, 0.2) is 24.3 Å². The summed E-state index contributed by atoms with van der Waals surface area (Å²) in [7, 11) is 0. The molecular weight excluding hydrogens is 274 g/mol. The smallest absolute Gasteiger partial charge is 0.238 e. The van der Waals surface area contributed by atoms with Crippen molar-refractivity contribution < 1.29 is 4.79 Å². The number of piperidine rings is 1. The van der Waals surface area contributed by atoms with E-state index in [-0.39, 0.29) is 5.91 Å². The van der Waals surface area contributed by atoms with Gasteiger partial charge in [-0.05, 0) is 37.4 Å². The molecule has 1 aromatic rings. The predicted octanol–water partition coefficient (Wildman–Crippen LogP) is 1.96. The molecular formula is C15H20ClN3O. The normalized spacial score (nSPS) is 26.2. The maximum absolute atomic E-state index is 12.1. The van der Waals surface area contributed by atoms with E-state index in [1.165, 1.54) is 6.42 Å². The fraction of sp³-hybridized carbons (Fsp3) is 0.533. The number of halogens is 1. The molecule has 2 saturated heterocycles. The minimum atomic E-state index is 0.0162. The monoisotopic (exact) mass is 293 g/mol. The predicted molar refractivity (Wildman–Crippen MR) is 81.0 cm³/mol. The van der Waals surface area contributed by atoms with Gasteiger partial charge in [-0.15, -0.1) is 0 Å². The van der Waals surface area contributed by atoms with E-state index in [1.54, 1.807) is 6.07 Å². The van der Waals surface area contributed by atoms with Crippen molar-refractivity contribution in [3.05, 3.63) is 29.3 Å². The van der Waals surface area contributed by atoms with E-state index in [1.807, 2.05) is 18.2 Å². The molecule has 2 aliphatic heterocycles. The van der Waals surface area contributed by atoms with Crippen molar-refractivity contribution in [2.75, 3.05) is 31.5 Å². The Morgan fingerprint density at radius 3 is 3.10 bits per heavy atom. The standard InChI is InChI=1S/C15H20ClN3O/c16-12-3-1-2-4-14(12)18-15(20)10-19-8-6-13-11(9-19)5-7-17-13/h1-4,11,13,17H,5-10H2,(H,18,20). The highest BCUT2D eigenvalue weighted by molar-refractivity contribution is 6.33. The molecule has 20 heavy (non-hydrogen) atoms. The molecule has 0 spiro atoms. The Bertz CT molecular complexity index is 494. The van der Waals surface area contributed by atoms with Crippen LogP contribution in [-0.2, 0) is 4.79 Å².